The number of ether oxygens (including phenoxy) is 3. The molecule has 100 valence electrons. The van der Waals surface area contributed by atoms with Crippen molar-refractivity contribution >= 4 is 17.6 Å². The maximum absolute atomic E-state index is 11.1. The molecule has 1 heterocycles. The standard InChI is InChI=1S/C12H12N2O5/c1-17-7-4-6(5-8(18-2)9(7)19-3)10-13-11(15)12(16)14-10/h4-5H,1-3H3,(H,13,14,15,16). The van der Waals surface area contributed by atoms with E-state index in [9.17, 15) is 9.59 Å². The third-order valence-corrected chi connectivity index (χ3v) is 2.58. The molecular weight excluding hydrogens is 252 g/mol. The van der Waals surface area contributed by atoms with Crippen LogP contribution in [0.3, 0.4) is 0 Å². The number of benzene rings is 1. The molecule has 19 heavy (non-hydrogen) atoms. The van der Waals surface area contributed by atoms with Crippen molar-refractivity contribution in [2.45, 2.75) is 0 Å². The van der Waals surface area contributed by atoms with Gasteiger partial charge >= 0.3 is 11.8 Å². The number of hydrogen-bond acceptors (Lipinski definition) is 5. The third kappa shape index (κ3) is 2.22. The van der Waals surface area contributed by atoms with Crippen LogP contribution in [0.25, 0.3) is 0 Å². The van der Waals surface area contributed by atoms with Gasteiger partial charge in [-0.25, -0.2) is 0 Å². The Hall–Kier alpha value is -2.57. The molecule has 1 N–H and O–H groups in total. The van der Waals surface area contributed by atoms with Crippen molar-refractivity contribution in [3.05, 3.63) is 17.7 Å². The highest BCUT2D eigenvalue weighted by Gasteiger charge is 2.26. The molecule has 7 heteroatoms. The average Bonchev–Trinajstić information content (AvgIpc) is 2.76. The summed E-state index contributed by atoms with van der Waals surface area (Å²) in [4.78, 5) is 25.8. The van der Waals surface area contributed by atoms with Crippen LogP contribution in [-0.2, 0) is 9.59 Å². The normalized spacial score (nSPS) is 13.9. The number of hydrogen-bond donors (Lipinski definition) is 1. The molecule has 1 aromatic carbocycles. The number of nitrogens with zero attached hydrogens (tertiary/aromatic N) is 1. The lowest BCUT2D eigenvalue weighted by Gasteiger charge is -2.13. The smallest absolute Gasteiger partial charge is 0.337 e. The van der Waals surface area contributed by atoms with E-state index in [1.807, 2.05) is 0 Å². The summed E-state index contributed by atoms with van der Waals surface area (Å²) in [6, 6.07) is 3.19. The van der Waals surface area contributed by atoms with Gasteiger partial charge in [0, 0.05) is 5.56 Å². The summed E-state index contributed by atoms with van der Waals surface area (Å²) >= 11 is 0. The zero-order valence-electron chi connectivity index (χ0n) is 10.6. The molecule has 0 bridgehead atoms. The lowest BCUT2D eigenvalue weighted by molar-refractivity contribution is -0.135. The van der Waals surface area contributed by atoms with Crippen molar-refractivity contribution < 1.29 is 23.8 Å². The first-order valence-electron chi connectivity index (χ1n) is 5.35. The molecule has 1 aromatic rings. The lowest BCUT2D eigenvalue weighted by atomic mass is 10.1. The maximum atomic E-state index is 11.1. The lowest BCUT2D eigenvalue weighted by Crippen LogP contribution is -2.27. The fourth-order valence-corrected chi connectivity index (χ4v) is 1.70. The van der Waals surface area contributed by atoms with Gasteiger partial charge in [-0.1, -0.05) is 0 Å². The molecule has 2 amide bonds. The van der Waals surface area contributed by atoms with Gasteiger partial charge < -0.3 is 19.5 Å². The van der Waals surface area contributed by atoms with Crippen molar-refractivity contribution in [2.75, 3.05) is 21.3 Å². The predicted molar refractivity (Wildman–Crippen MR) is 65.8 cm³/mol. The second-order valence-corrected chi connectivity index (χ2v) is 3.63. The summed E-state index contributed by atoms with van der Waals surface area (Å²) < 4.78 is 15.5. The zero-order valence-corrected chi connectivity index (χ0v) is 10.6. The van der Waals surface area contributed by atoms with E-state index < -0.39 is 11.8 Å². The second kappa shape index (κ2) is 4.97. The molecule has 1 aliphatic rings. The first kappa shape index (κ1) is 12.9. The van der Waals surface area contributed by atoms with Gasteiger partial charge in [0.05, 0.1) is 21.3 Å². The molecule has 0 atom stereocenters. The Labute approximate surface area is 109 Å². The quantitative estimate of drug-likeness (QED) is 0.780. The first-order chi connectivity index (χ1) is 9.10. The Balaban J connectivity index is 2.51. The van der Waals surface area contributed by atoms with E-state index in [1.165, 1.54) is 21.3 Å². The Morgan fingerprint density at radius 2 is 1.58 bits per heavy atom. The maximum Gasteiger partial charge on any atom is 0.337 e. The highest BCUT2D eigenvalue weighted by Crippen LogP contribution is 2.38. The number of nitrogens with one attached hydrogen (secondary N) is 1. The molecule has 2 rings (SSSR count). The number of methoxy groups -OCH3 is 3. The minimum Gasteiger partial charge on any atom is -0.493 e. The molecule has 0 aromatic heterocycles. The van der Waals surface area contributed by atoms with Crippen molar-refractivity contribution in [1.29, 1.82) is 0 Å². The van der Waals surface area contributed by atoms with Crippen molar-refractivity contribution in [3.63, 3.8) is 0 Å². The van der Waals surface area contributed by atoms with Crippen LogP contribution in [0.5, 0.6) is 17.2 Å². The average molecular weight is 264 g/mol. The van der Waals surface area contributed by atoms with Crippen LogP contribution in [0.4, 0.5) is 0 Å². The topological polar surface area (TPSA) is 86.2 Å². The molecule has 0 saturated heterocycles. The summed E-state index contributed by atoms with van der Waals surface area (Å²) in [5.74, 6) is -0.187. The molecule has 0 saturated carbocycles. The van der Waals surface area contributed by atoms with Gasteiger partial charge in [-0.05, 0) is 12.1 Å². The molecule has 7 nitrogen and oxygen atoms in total. The fourth-order valence-electron chi connectivity index (χ4n) is 1.70. The third-order valence-electron chi connectivity index (χ3n) is 2.58. The Bertz CT molecular complexity index is 554. The van der Waals surface area contributed by atoms with Gasteiger partial charge in [-0.3, -0.25) is 9.59 Å². The van der Waals surface area contributed by atoms with Crippen LogP contribution >= 0.6 is 0 Å². The van der Waals surface area contributed by atoms with Crippen molar-refractivity contribution in [2.24, 2.45) is 4.99 Å². The van der Waals surface area contributed by atoms with Crippen LogP contribution < -0.4 is 19.5 Å². The number of amidine groups is 1. The monoisotopic (exact) mass is 264 g/mol. The largest absolute Gasteiger partial charge is 0.493 e. The van der Waals surface area contributed by atoms with Crippen molar-refractivity contribution in [3.8, 4) is 17.2 Å². The number of carbonyl (C=O) groups excluding carboxylic acids is 2. The first-order valence-corrected chi connectivity index (χ1v) is 5.35. The molecule has 0 radical (unpaired) electrons. The van der Waals surface area contributed by atoms with Crippen LogP contribution in [0.2, 0.25) is 0 Å². The van der Waals surface area contributed by atoms with Gasteiger partial charge in [0.25, 0.3) is 0 Å². The molecule has 0 fully saturated rings. The van der Waals surface area contributed by atoms with Crippen LogP contribution in [0.1, 0.15) is 5.56 Å². The van der Waals surface area contributed by atoms with E-state index in [0.717, 1.165) is 0 Å². The number of amides is 2. The van der Waals surface area contributed by atoms with Gasteiger partial charge in [0.2, 0.25) is 5.75 Å². The fraction of sp³-hybridized carbons (Fsp3) is 0.250. The molecule has 0 unspecified atom stereocenters. The Morgan fingerprint density at radius 1 is 1.00 bits per heavy atom. The van der Waals surface area contributed by atoms with E-state index >= 15 is 0 Å². The van der Waals surface area contributed by atoms with E-state index in [-0.39, 0.29) is 5.84 Å². The van der Waals surface area contributed by atoms with E-state index in [4.69, 9.17) is 14.2 Å². The predicted octanol–water partition coefficient (Wildman–Crippen LogP) is 0.115. The molecule has 0 spiro atoms. The van der Waals surface area contributed by atoms with Crippen LogP contribution in [0, 0.1) is 0 Å². The Kier molecular flexibility index (Phi) is 3.37. The summed E-state index contributed by atoms with van der Waals surface area (Å²) in [6.07, 6.45) is 0. The SMILES string of the molecule is COc1cc(C2=NC(=O)C(=O)N2)cc(OC)c1OC. The highest BCUT2D eigenvalue weighted by atomic mass is 16.5. The molecule has 1 aliphatic heterocycles. The van der Waals surface area contributed by atoms with Gasteiger partial charge in [-0.15, -0.1) is 0 Å². The second-order valence-electron chi connectivity index (χ2n) is 3.63. The number of rotatable bonds is 4. The highest BCUT2D eigenvalue weighted by molar-refractivity contribution is 6.45. The summed E-state index contributed by atoms with van der Waals surface area (Å²) in [5, 5.41) is 2.37. The minimum atomic E-state index is -0.830. The minimum absolute atomic E-state index is 0.161. The van der Waals surface area contributed by atoms with E-state index in [2.05, 4.69) is 10.3 Å². The molecular formula is C12H12N2O5. The molecule has 0 aliphatic carbocycles. The summed E-state index contributed by atoms with van der Waals surface area (Å²) in [7, 11) is 4.43. The van der Waals surface area contributed by atoms with Crippen LogP contribution in [-0.4, -0.2) is 39.0 Å². The Morgan fingerprint density at radius 3 is 1.95 bits per heavy atom. The summed E-state index contributed by atoms with van der Waals surface area (Å²) in [5.41, 5.74) is 0.494. The van der Waals surface area contributed by atoms with Crippen molar-refractivity contribution in [1.82, 2.24) is 5.32 Å². The van der Waals surface area contributed by atoms with Gasteiger partial charge in [-0.2, -0.15) is 4.99 Å². The number of aliphatic imine (C=N–C) groups is 1. The van der Waals surface area contributed by atoms with E-state index in [0.29, 0.717) is 22.8 Å². The number of carbonyl (C=O) groups is 2. The zero-order chi connectivity index (χ0) is 14.0. The van der Waals surface area contributed by atoms with Gasteiger partial charge in [0.1, 0.15) is 5.84 Å². The van der Waals surface area contributed by atoms with Gasteiger partial charge in [0.15, 0.2) is 11.5 Å². The summed E-state index contributed by atoms with van der Waals surface area (Å²) in [6.45, 7) is 0. The van der Waals surface area contributed by atoms with E-state index in [1.54, 1.807) is 12.1 Å². The van der Waals surface area contributed by atoms with Crippen LogP contribution in [0.15, 0.2) is 17.1 Å².